The van der Waals surface area contributed by atoms with Gasteiger partial charge in [0.15, 0.2) is 5.65 Å². The molecule has 2 atom stereocenters. The van der Waals surface area contributed by atoms with E-state index in [1.54, 1.807) is 27.1 Å². The minimum Gasteiger partial charge on any atom is -0.481 e. The Balaban J connectivity index is 1.13. The number of urea groups is 1. The average Bonchev–Trinajstić information content (AvgIpc) is 3.74. The highest BCUT2D eigenvalue weighted by atomic mass is 35.5. The second kappa shape index (κ2) is 12.9. The molecule has 0 bridgehead atoms. The van der Waals surface area contributed by atoms with E-state index in [9.17, 15) is 14.4 Å². The fourth-order valence-electron chi connectivity index (χ4n) is 8.04. The molecule has 2 unspecified atom stereocenters. The number of anilines is 2. The standard InChI is InChI=1S/C37H37Cl2N9O4/c1-19-41-31(28-32(42-19)46(2)36(51)47(3)34(28)49)43-24-10-6-8-22(30(24)39)21-7-5-9-23(29(21)38)25-17-20-11-12-26(27(20)33(44-25)52-4)48-16-14-37(18-48)13-15-40-35(50)45-37/h5-10,17,26H,11-16,18H2,1-4H3,(H2,40,45,50)(H,41,42,43). The van der Waals surface area contributed by atoms with Crippen molar-refractivity contribution < 1.29 is 9.53 Å². The van der Waals surface area contributed by atoms with Gasteiger partial charge in [-0.2, -0.15) is 0 Å². The highest BCUT2D eigenvalue weighted by molar-refractivity contribution is 6.39. The van der Waals surface area contributed by atoms with Gasteiger partial charge in [0.05, 0.1) is 34.1 Å². The first kappa shape index (κ1) is 34.1. The number of rotatable bonds is 6. The molecule has 0 radical (unpaired) electrons. The van der Waals surface area contributed by atoms with Crippen molar-refractivity contribution in [2.75, 3.05) is 32.1 Å². The van der Waals surface area contributed by atoms with Crippen LogP contribution in [-0.2, 0) is 20.5 Å². The molecular formula is C37H37Cl2N9O4. The van der Waals surface area contributed by atoms with Crippen LogP contribution in [0.15, 0.2) is 52.1 Å². The summed E-state index contributed by atoms with van der Waals surface area (Å²) in [5.74, 6) is 1.19. The van der Waals surface area contributed by atoms with Gasteiger partial charge in [-0.15, -0.1) is 0 Å². The van der Waals surface area contributed by atoms with Gasteiger partial charge in [0.1, 0.15) is 17.0 Å². The number of carbonyl (C=O) groups excluding carboxylic acids is 1. The van der Waals surface area contributed by atoms with Crippen molar-refractivity contribution in [3.05, 3.63) is 90.3 Å². The van der Waals surface area contributed by atoms with Crippen LogP contribution in [0.25, 0.3) is 33.4 Å². The summed E-state index contributed by atoms with van der Waals surface area (Å²) in [7, 11) is 4.63. The Morgan fingerprint density at radius 2 is 1.71 bits per heavy atom. The van der Waals surface area contributed by atoms with Gasteiger partial charge in [-0.05, 0) is 50.3 Å². The normalized spacial score (nSPS) is 19.9. The van der Waals surface area contributed by atoms with Crippen LogP contribution in [0.3, 0.4) is 0 Å². The van der Waals surface area contributed by atoms with E-state index >= 15 is 0 Å². The van der Waals surface area contributed by atoms with Crippen molar-refractivity contribution in [3.63, 3.8) is 0 Å². The van der Waals surface area contributed by atoms with Gasteiger partial charge in [-0.25, -0.2) is 24.5 Å². The summed E-state index contributed by atoms with van der Waals surface area (Å²) < 4.78 is 8.28. The van der Waals surface area contributed by atoms with E-state index in [1.165, 1.54) is 17.2 Å². The third-order valence-electron chi connectivity index (χ3n) is 10.6. The largest absolute Gasteiger partial charge is 0.481 e. The van der Waals surface area contributed by atoms with E-state index in [0.717, 1.165) is 54.5 Å². The molecule has 2 aliphatic heterocycles. The van der Waals surface area contributed by atoms with E-state index in [4.69, 9.17) is 32.9 Å². The molecule has 5 heterocycles. The number of hydrogen-bond acceptors (Lipinski definition) is 9. The molecule has 1 spiro atoms. The summed E-state index contributed by atoms with van der Waals surface area (Å²) in [6, 6.07) is 13.4. The van der Waals surface area contributed by atoms with Crippen molar-refractivity contribution >= 4 is 51.8 Å². The number of pyridine rings is 1. The minimum atomic E-state index is -0.521. The van der Waals surface area contributed by atoms with Gasteiger partial charge >= 0.3 is 11.7 Å². The number of fused-ring (bicyclic) bond motifs is 2. The number of halogens is 2. The third kappa shape index (κ3) is 5.58. The summed E-state index contributed by atoms with van der Waals surface area (Å²) >= 11 is 14.3. The number of ether oxygens (including phenoxy) is 1. The number of hydrogen-bond donors (Lipinski definition) is 3. The van der Waals surface area contributed by atoms with E-state index in [1.807, 2.05) is 30.3 Å². The van der Waals surface area contributed by atoms with Gasteiger partial charge in [0.2, 0.25) is 5.88 Å². The molecular weight excluding hydrogens is 705 g/mol. The number of nitrogens with one attached hydrogen (secondary N) is 3. The van der Waals surface area contributed by atoms with Gasteiger partial charge in [0, 0.05) is 62.0 Å². The molecule has 1 aliphatic carbocycles. The van der Waals surface area contributed by atoms with E-state index < -0.39 is 11.2 Å². The molecule has 3 aliphatic rings. The molecule has 3 aromatic heterocycles. The lowest BCUT2D eigenvalue weighted by Gasteiger charge is -2.36. The summed E-state index contributed by atoms with van der Waals surface area (Å²) in [5.41, 5.74) is 4.55. The van der Waals surface area contributed by atoms with Crippen LogP contribution in [0, 0.1) is 6.92 Å². The van der Waals surface area contributed by atoms with Crippen LogP contribution in [0.2, 0.25) is 10.0 Å². The predicted molar refractivity (Wildman–Crippen MR) is 201 cm³/mol. The predicted octanol–water partition coefficient (Wildman–Crippen LogP) is 5.26. The van der Waals surface area contributed by atoms with Gasteiger partial charge < -0.3 is 20.7 Å². The van der Waals surface area contributed by atoms with Crippen LogP contribution in [0.5, 0.6) is 5.88 Å². The zero-order chi connectivity index (χ0) is 36.5. The van der Waals surface area contributed by atoms with Crippen LogP contribution in [0.4, 0.5) is 16.3 Å². The first-order chi connectivity index (χ1) is 25.0. The Morgan fingerprint density at radius 3 is 2.48 bits per heavy atom. The zero-order valence-corrected chi connectivity index (χ0v) is 30.7. The smallest absolute Gasteiger partial charge is 0.332 e. The van der Waals surface area contributed by atoms with Crippen LogP contribution >= 0.6 is 23.2 Å². The molecule has 8 rings (SSSR count). The highest BCUT2D eigenvalue weighted by Gasteiger charge is 2.45. The molecule has 2 aromatic carbocycles. The maximum absolute atomic E-state index is 13.2. The Labute approximate surface area is 309 Å². The van der Waals surface area contributed by atoms with Gasteiger partial charge in [-0.1, -0.05) is 53.5 Å². The number of amides is 2. The van der Waals surface area contributed by atoms with E-state index in [-0.39, 0.29) is 34.5 Å². The Morgan fingerprint density at radius 1 is 0.962 bits per heavy atom. The molecule has 13 nitrogen and oxygen atoms in total. The molecule has 268 valence electrons. The summed E-state index contributed by atoms with van der Waals surface area (Å²) in [4.78, 5) is 54.3. The Hall–Kier alpha value is -4.98. The Bertz CT molecular complexity index is 2430. The van der Waals surface area contributed by atoms with E-state index in [0.29, 0.717) is 50.8 Å². The number of benzene rings is 2. The topological polar surface area (TPSA) is 148 Å². The lowest BCUT2D eigenvalue weighted by atomic mass is 9.93. The summed E-state index contributed by atoms with van der Waals surface area (Å²) in [6.45, 7) is 4.06. The first-order valence-electron chi connectivity index (χ1n) is 17.2. The molecule has 3 N–H and O–H groups in total. The maximum atomic E-state index is 13.2. The van der Waals surface area contributed by atoms with Gasteiger partial charge in [-0.3, -0.25) is 18.8 Å². The summed E-state index contributed by atoms with van der Waals surface area (Å²) in [6.07, 6.45) is 3.62. The highest BCUT2D eigenvalue weighted by Crippen LogP contribution is 2.47. The molecule has 5 aromatic rings. The molecule has 2 amide bonds. The first-order valence-corrected chi connectivity index (χ1v) is 17.9. The monoisotopic (exact) mass is 741 g/mol. The number of aromatic nitrogens is 5. The number of carbonyl (C=O) groups is 1. The molecule has 52 heavy (non-hydrogen) atoms. The number of methoxy groups -OCH3 is 1. The van der Waals surface area contributed by atoms with Crippen LogP contribution in [-0.4, -0.2) is 67.3 Å². The molecule has 0 saturated carbocycles. The lowest BCUT2D eigenvalue weighted by molar-refractivity contribution is 0.187. The summed E-state index contributed by atoms with van der Waals surface area (Å²) in [5, 5.41) is 10.3. The van der Waals surface area contributed by atoms with Crippen molar-refractivity contribution in [2.24, 2.45) is 14.1 Å². The number of nitrogens with zero attached hydrogens (tertiary/aromatic N) is 6. The third-order valence-corrected chi connectivity index (χ3v) is 11.5. The second-order valence-corrected chi connectivity index (χ2v) is 14.5. The Kier molecular flexibility index (Phi) is 8.47. The fourth-order valence-corrected chi connectivity index (χ4v) is 8.64. The van der Waals surface area contributed by atoms with Crippen molar-refractivity contribution in [2.45, 2.75) is 44.2 Å². The second-order valence-electron chi connectivity index (χ2n) is 13.8. The molecule has 15 heteroatoms. The number of aryl methyl sites for hydroxylation is 3. The average molecular weight is 743 g/mol. The molecule has 2 fully saturated rings. The van der Waals surface area contributed by atoms with Crippen molar-refractivity contribution in [1.82, 2.24) is 39.6 Å². The lowest BCUT2D eigenvalue weighted by Crippen LogP contribution is -2.59. The van der Waals surface area contributed by atoms with Crippen LogP contribution in [0.1, 0.15) is 42.3 Å². The zero-order valence-electron chi connectivity index (χ0n) is 29.1. The SMILES string of the molecule is COc1nc(-c2cccc(-c3cccc(Nc4nc(C)nc5c4c(=O)n(C)c(=O)n5C)c3Cl)c2Cl)cc2c1C(N1CCC3(CCNC(=O)N3)C1)CC2. The van der Waals surface area contributed by atoms with Crippen molar-refractivity contribution in [1.29, 1.82) is 0 Å². The van der Waals surface area contributed by atoms with Crippen molar-refractivity contribution in [3.8, 4) is 28.3 Å². The van der Waals surface area contributed by atoms with Gasteiger partial charge in [0.25, 0.3) is 5.56 Å². The fraction of sp³-hybridized carbons (Fsp3) is 0.351. The minimum absolute atomic E-state index is 0.0946. The molecule has 2 saturated heterocycles. The number of likely N-dealkylation sites (tertiary alicyclic amines) is 1. The van der Waals surface area contributed by atoms with Crippen LogP contribution < -0.4 is 31.9 Å². The quantitative estimate of drug-likeness (QED) is 0.212. The maximum Gasteiger partial charge on any atom is 0.332 e. The van der Waals surface area contributed by atoms with E-state index in [2.05, 4.69) is 36.9 Å².